The fourth-order valence-electron chi connectivity index (χ4n) is 2.60. The summed E-state index contributed by atoms with van der Waals surface area (Å²) in [5, 5.41) is 6.04. The van der Waals surface area contributed by atoms with Crippen LogP contribution in [0.25, 0.3) is 0 Å². The van der Waals surface area contributed by atoms with Crippen molar-refractivity contribution in [3.63, 3.8) is 0 Å². The molecule has 0 saturated carbocycles. The molecular weight excluding hydrogens is 304 g/mol. The van der Waals surface area contributed by atoms with Gasteiger partial charge in [-0.1, -0.05) is 35.9 Å². The van der Waals surface area contributed by atoms with E-state index in [0.29, 0.717) is 32.1 Å². The summed E-state index contributed by atoms with van der Waals surface area (Å²) in [7, 11) is 0. The third-order valence-electron chi connectivity index (χ3n) is 3.83. The Kier molecular flexibility index (Phi) is 5.46. The molecular formula is C19H22N2O3. The summed E-state index contributed by atoms with van der Waals surface area (Å²) in [5.74, 6) is 0.632. The molecule has 0 spiro atoms. The van der Waals surface area contributed by atoms with Crippen LogP contribution in [-0.2, 0) is 16.1 Å². The van der Waals surface area contributed by atoms with Crippen LogP contribution in [0.3, 0.4) is 0 Å². The van der Waals surface area contributed by atoms with Gasteiger partial charge >= 0.3 is 0 Å². The summed E-state index contributed by atoms with van der Waals surface area (Å²) in [4.78, 5) is 12.2. The van der Waals surface area contributed by atoms with Crippen molar-refractivity contribution in [2.75, 3.05) is 25.1 Å². The zero-order chi connectivity index (χ0) is 16.8. The van der Waals surface area contributed by atoms with Gasteiger partial charge in [-0.25, -0.2) is 0 Å². The van der Waals surface area contributed by atoms with Crippen molar-refractivity contribution in [1.29, 1.82) is 0 Å². The highest BCUT2D eigenvalue weighted by Crippen LogP contribution is 2.19. The van der Waals surface area contributed by atoms with Gasteiger partial charge in [-0.05, 0) is 24.6 Å². The van der Waals surface area contributed by atoms with Crippen molar-refractivity contribution < 1.29 is 14.3 Å². The molecule has 24 heavy (non-hydrogen) atoms. The molecule has 1 amide bonds. The zero-order valence-electron chi connectivity index (χ0n) is 13.7. The first-order chi connectivity index (χ1) is 11.7. The Balaban J connectivity index is 1.58. The van der Waals surface area contributed by atoms with Crippen molar-refractivity contribution >= 4 is 11.6 Å². The number of amides is 1. The van der Waals surface area contributed by atoms with E-state index in [2.05, 4.69) is 29.7 Å². The quantitative estimate of drug-likeness (QED) is 0.886. The van der Waals surface area contributed by atoms with Gasteiger partial charge in [0.2, 0.25) is 5.91 Å². The van der Waals surface area contributed by atoms with Gasteiger partial charge in [-0.15, -0.1) is 0 Å². The van der Waals surface area contributed by atoms with Crippen LogP contribution in [0.5, 0.6) is 5.75 Å². The molecule has 1 unspecified atom stereocenters. The molecule has 2 aromatic carbocycles. The van der Waals surface area contributed by atoms with Crippen LogP contribution in [-0.4, -0.2) is 31.7 Å². The lowest BCUT2D eigenvalue weighted by atomic mass is 10.1. The SMILES string of the molecule is Cc1cccc(COc2cccc(NC(=O)C3COCCN3)c2)c1. The molecule has 0 aliphatic carbocycles. The normalized spacial score (nSPS) is 17.3. The molecule has 126 valence electrons. The van der Waals surface area contributed by atoms with Gasteiger partial charge in [0.05, 0.1) is 13.2 Å². The first-order valence-electron chi connectivity index (χ1n) is 8.11. The number of rotatable bonds is 5. The van der Waals surface area contributed by atoms with E-state index in [9.17, 15) is 4.79 Å². The van der Waals surface area contributed by atoms with Crippen molar-refractivity contribution in [1.82, 2.24) is 5.32 Å². The van der Waals surface area contributed by atoms with Gasteiger partial charge in [-0.2, -0.15) is 0 Å². The van der Waals surface area contributed by atoms with Crippen LogP contribution in [0.4, 0.5) is 5.69 Å². The Hall–Kier alpha value is -2.37. The lowest BCUT2D eigenvalue weighted by Gasteiger charge is -2.23. The molecule has 1 saturated heterocycles. The Morgan fingerprint density at radius 3 is 2.96 bits per heavy atom. The van der Waals surface area contributed by atoms with E-state index in [1.807, 2.05) is 36.4 Å². The molecule has 2 N–H and O–H groups in total. The van der Waals surface area contributed by atoms with Crippen LogP contribution in [0, 0.1) is 6.92 Å². The topological polar surface area (TPSA) is 59.6 Å². The average molecular weight is 326 g/mol. The number of nitrogens with one attached hydrogen (secondary N) is 2. The Labute approximate surface area is 142 Å². The number of ether oxygens (including phenoxy) is 2. The van der Waals surface area contributed by atoms with E-state index in [4.69, 9.17) is 9.47 Å². The Morgan fingerprint density at radius 1 is 1.29 bits per heavy atom. The molecule has 0 aromatic heterocycles. The number of carbonyl (C=O) groups excluding carboxylic acids is 1. The summed E-state index contributed by atoms with van der Waals surface area (Å²) in [6.45, 7) is 4.29. The largest absolute Gasteiger partial charge is 0.489 e. The number of benzene rings is 2. The van der Waals surface area contributed by atoms with Crippen LogP contribution >= 0.6 is 0 Å². The van der Waals surface area contributed by atoms with Gasteiger partial charge in [0, 0.05) is 18.3 Å². The molecule has 1 heterocycles. The van der Waals surface area contributed by atoms with Gasteiger partial charge in [0.25, 0.3) is 0 Å². The lowest BCUT2D eigenvalue weighted by Crippen LogP contribution is -2.48. The summed E-state index contributed by atoms with van der Waals surface area (Å²) < 4.78 is 11.1. The van der Waals surface area contributed by atoms with Crippen LogP contribution in [0.2, 0.25) is 0 Å². The molecule has 1 aliphatic rings. The second-order valence-corrected chi connectivity index (χ2v) is 5.88. The maximum Gasteiger partial charge on any atom is 0.243 e. The third kappa shape index (κ3) is 4.57. The zero-order valence-corrected chi connectivity index (χ0v) is 13.7. The molecule has 5 nitrogen and oxygen atoms in total. The summed E-state index contributed by atoms with van der Waals surface area (Å²) in [5.41, 5.74) is 3.04. The highest BCUT2D eigenvalue weighted by atomic mass is 16.5. The summed E-state index contributed by atoms with van der Waals surface area (Å²) in [6, 6.07) is 15.3. The fraction of sp³-hybridized carbons (Fsp3) is 0.316. The van der Waals surface area contributed by atoms with Crippen molar-refractivity contribution in [2.45, 2.75) is 19.6 Å². The second kappa shape index (κ2) is 7.95. The second-order valence-electron chi connectivity index (χ2n) is 5.88. The number of carbonyl (C=O) groups is 1. The minimum atomic E-state index is -0.310. The smallest absolute Gasteiger partial charge is 0.243 e. The van der Waals surface area contributed by atoms with Crippen molar-refractivity contribution in [3.8, 4) is 5.75 Å². The maximum atomic E-state index is 12.2. The van der Waals surface area contributed by atoms with Gasteiger partial charge in [-0.3, -0.25) is 4.79 Å². The molecule has 0 bridgehead atoms. The highest BCUT2D eigenvalue weighted by Gasteiger charge is 2.21. The first kappa shape index (κ1) is 16.5. The van der Waals surface area contributed by atoms with E-state index < -0.39 is 0 Å². The van der Waals surface area contributed by atoms with E-state index in [0.717, 1.165) is 11.3 Å². The van der Waals surface area contributed by atoms with E-state index in [-0.39, 0.29) is 11.9 Å². The molecule has 2 aromatic rings. The monoisotopic (exact) mass is 326 g/mol. The minimum Gasteiger partial charge on any atom is -0.489 e. The van der Waals surface area contributed by atoms with Gasteiger partial charge in [0.1, 0.15) is 18.4 Å². The van der Waals surface area contributed by atoms with E-state index >= 15 is 0 Å². The molecule has 1 aliphatic heterocycles. The molecule has 5 heteroatoms. The first-order valence-corrected chi connectivity index (χ1v) is 8.11. The summed E-state index contributed by atoms with van der Waals surface area (Å²) in [6.07, 6.45) is 0. The molecule has 1 fully saturated rings. The fourth-order valence-corrected chi connectivity index (χ4v) is 2.60. The van der Waals surface area contributed by atoms with Crippen molar-refractivity contribution in [3.05, 3.63) is 59.7 Å². The average Bonchev–Trinajstić information content (AvgIpc) is 2.61. The van der Waals surface area contributed by atoms with Crippen molar-refractivity contribution in [2.24, 2.45) is 0 Å². The molecule has 1 atom stereocenters. The number of anilines is 1. The molecule has 3 rings (SSSR count). The Bertz CT molecular complexity index is 697. The predicted octanol–water partition coefficient (Wildman–Crippen LogP) is 2.50. The number of hydrogen-bond acceptors (Lipinski definition) is 4. The lowest BCUT2D eigenvalue weighted by molar-refractivity contribution is -0.120. The third-order valence-corrected chi connectivity index (χ3v) is 3.83. The van der Waals surface area contributed by atoms with Gasteiger partial charge in [0.15, 0.2) is 0 Å². The van der Waals surface area contributed by atoms with E-state index in [1.54, 1.807) is 0 Å². The minimum absolute atomic E-state index is 0.0921. The summed E-state index contributed by atoms with van der Waals surface area (Å²) >= 11 is 0. The highest BCUT2D eigenvalue weighted by molar-refractivity contribution is 5.95. The standard InChI is InChI=1S/C19H22N2O3/c1-14-4-2-5-15(10-14)12-24-17-7-3-6-16(11-17)21-19(22)18-13-23-9-8-20-18/h2-7,10-11,18,20H,8-9,12-13H2,1H3,(H,21,22). The number of morpholine rings is 1. The Morgan fingerprint density at radius 2 is 2.17 bits per heavy atom. The number of hydrogen-bond donors (Lipinski definition) is 2. The van der Waals surface area contributed by atoms with E-state index in [1.165, 1.54) is 5.56 Å². The predicted molar refractivity (Wildman–Crippen MR) is 93.2 cm³/mol. The maximum absolute atomic E-state index is 12.2. The van der Waals surface area contributed by atoms with Crippen LogP contribution < -0.4 is 15.4 Å². The van der Waals surface area contributed by atoms with Crippen LogP contribution in [0.1, 0.15) is 11.1 Å². The molecule has 0 radical (unpaired) electrons. The number of aryl methyl sites for hydroxylation is 1. The van der Waals surface area contributed by atoms with Gasteiger partial charge < -0.3 is 20.1 Å². The van der Waals surface area contributed by atoms with Crippen LogP contribution in [0.15, 0.2) is 48.5 Å².